The number of amides is 1. The molecular formula is C12H11F3N3O4S+. The molecule has 1 aromatic carbocycles. The first kappa shape index (κ1) is 16.9. The van der Waals surface area contributed by atoms with Gasteiger partial charge >= 0.3 is 17.0 Å². The molecule has 7 nitrogen and oxygen atoms in total. The number of benzene rings is 1. The number of carbonyl (C=O) groups is 1. The van der Waals surface area contributed by atoms with Gasteiger partial charge in [0.2, 0.25) is 5.91 Å². The van der Waals surface area contributed by atoms with Crippen LogP contribution in [0.15, 0.2) is 38.6 Å². The molecule has 1 heterocycles. The molecule has 0 aliphatic rings. The molecular weight excluding hydrogens is 339 g/mol. The van der Waals surface area contributed by atoms with Crippen LogP contribution in [0.4, 0.5) is 18.9 Å². The Kier molecular flexibility index (Phi) is 4.98. The number of alkyl halides is 3. The van der Waals surface area contributed by atoms with Crippen molar-refractivity contribution in [3.05, 3.63) is 34.7 Å². The summed E-state index contributed by atoms with van der Waals surface area (Å²) in [4.78, 5) is 23.0. The van der Waals surface area contributed by atoms with Gasteiger partial charge in [0.15, 0.2) is 7.05 Å². The van der Waals surface area contributed by atoms with E-state index >= 15 is 0 Å². The smallest absolute Gasteiger partial charge is 0.406 e. The number of aryl methyl sites for hydroxylation is 1. The van der Waals surface area contributed by atoms with E-state index in [-0.39, 0.29) is 16.5 Å². The van der Waals surface area contributed by atoms with E-state index in [2.05, 4.69) is 19.8 Å². The first-order chi connectivity index (χ1) is 10.7. The number of halogens is 3. The third-order valence-corrected chi connectivity index (χ3v) is 3.59. The van der Waals surface area contributed by atoms with Gasteiger partial charge < -0.3 is 10.1 Å². The van der Waals surface area contributed by atoms with Crippen molar-refractivity contribution in [2.24, 2.45) is 7.05 Å². The van der Waals surface area contributed by atoms with Crippen molar-refractivity contribution in [1.29, 1.82) is 0 Å². The molecule has 2 aromatic rings. The third kappa shape index (κ3) is 5.06. The summed E-state index contributed by atoms with van der Waals surface area (Å²) in [5, 5.41) is 5.01. The second-order valence-electron chi connectivity index (χ2n) is 4.25. The number of aromatic nitrogens is 2. The maximum atomic E-state index is 12.0. The summed E-state index contributed by atoms with van der Waals surface area (Å²) >= 11 is 0.959. The van der Waals surface area contributed by atoms with Crippen LogP contribution in [0.1, 0.15) is 0 Å². The van der Waals surface area contributed by atoms with Gasteiger partial charge in [-0.25, -0.2) is 4.79 Å². The van der Waals surface area contributed by atoms with E-state index in [0.717, 1.165) is 23.9 Å². The highest BCUT2D eigenvalue weighted by Crippen LogP contribution is 2.24. The minimum Gasteiger partial charge on any atom is -0.406 e. The van der Waals surface area contributed by atoms with Crippen molar-refractivity contribution in [2.45, 2.75) is 11.4 Å². The summed E-state index contributed by atoms with van der Waals surface area (Å²) in [5.41, 5.74) is -0.297. The summed E-state index contributed by atoms with van der Waals surface area (Å²) in [6.07, 6.45) is -4.77. The molecule has 0 aliphatic carbocycles. The molecule has 0 spiro atoms. The van der Waals surface area contributed by atoms with E-state index in [1.807, 2.05) is 0 Å². The molecule has 0 aliphatic heterocycles. The zero-order valence-corrected chi connectivity index (χ0v) is 12.5. The van der Waals surface area contributed by atoms with E-state index in [0.29, 0.717) is 5.69 Å². The van der Waals surface area contributed by atoms with Gasteiger partial charge in [-0.15, -0.1) is 13.2 Å². The standard InChI is InChI=1S/C12H10F3N3O4S/c1-18-10(11(20)22-17-18)23-6-9(19)16-7-2-4-8(5-3-7)21-12(13,14)15/h2-5H,6H2,1H3,(H-,16,17,19,20)/p+1. The Labute approximate surface area is 131 Å². The van der Waals surface area contributed by atoms with Crippen molar-refractivity contribution in [2.75, 3.05) is 11.1 Å². The van der Waals surface area contributed by atoms with Crippen LogP contribution in [0, 0.1) is 0 Å². The number of aromatic amines is 1. The molecule has 2 N–H and O–H groups in total. The summed E-state index contributed by atoms with van der Waals surface area (Å²) in [5.74, 6) is -0.890. The first-order valence-corrected chi connectivity index (χ1v) is 7.09. The number of ether oxygens (including phenoxy) is 1. The highest BCUT2D eigenvalue weighted by atomic mass is 32.2. The van der Waals surface area contributed by atoms with E-state index in [4.69, 9.17) is 0 Å². The van der Waals surface area contributed by atoms with Gasteiger partial charge in [-0.05, 0) is 41.3 Å². The second-order valence-corrected chi connectivity index (χ2v) is 5.22. The van der Waals surface area contributed by atoms with Gasteiger partial charge in [-0.3, -0.25) is 9.32 Å². The minimum atomic E-state index is -4.77. The zero-order chi connectivity index (χ0) is 17.0. The van der Waals surface area contributed by atoms with Crippen molar-refractivity contribution in [1.82, 2.24) is 5.27 Å². The SMILES string of the molecule is C[n+]1[nH]oc(=O)c1SCC(=O)Nc1ccc(OC(F)(F)F)cc1. The van der Waals surface area contributed by atoms with Crippen molar-refractivity contribution < 1.29 is 31.9 Å². The van der Waals surface area contributed by atoms with E-state index in [1.54, 1.807) is 7.05 Å². The Hall–Kier alpha value is -2.43. The maximum absolute atomic E-state index is 12.0. The lowest BCUT2D eigenvalue weighted by Crippen LogP contribution is -2.34. The Balaban J connectivity index is 1.89. The normalized spacial score (nSPS) is 11.3. The largest absolute Gasteiger partial charge is 0.573 e. The van der Waals surface area contributed by atoms with Gasteiger partial charge in [0, 0.05) is 5.69 Å². The molecule has 1 aromatic heterocycles. The molecule has 1 amide bonds. The number of hydrogen-bond donors (Lipinski definition) is 2. The highest BCUT2D eigenvalue weighted by Gasteiger charge is 2.31. The summed E-state index contributed by atoms with van der Waals surface area (Å²) < 4.78 is 45.6. The quantitative estimate of drug-likeness (QED) is 0.629. The van der Waals surface area contributed by atoms with Crippen LogP contribution in [0.5, 0.6) is 5.75 Å². The van der Waals surface area contributed by atoms with Crippen LogP contribution in [0.3, 0.4) is 0 Å². The van der Waals surface area contributed by atoms with Crippen molar-refractivity contribution in [3.63, 3.8) is 0 Å². The van der Waals surface area contributed by atoms with Gasteiger partial charge in [0.05, 0.1) is 5.75 Å². The van der Waals surface area contributed by atoms with E-state index in [9.17, 15) is 22.8 Å². The minimum absolute atomic E-state index is 0.0722. The van der Waals surface area contributed by atoms with Crippen LogP contribution >= 0.6 is 11.8 Å². The molecule has 0 radical (unpaired) electrons. The van der Waals surface area contributed by atoms with Crippen LogP contribution in [-0.2, 0) is 11.8 Å². The molecule has 2 rings (SSSR count). The average molecular weight is 350 g/mol. The predicted molar refractivity (Wildman–Crippen MR) is 73.0 cm³/mol. The molecule has 0 saturated carbocycles. The highest BCUT2D eigenvalue weighted by molar-refractivity contribution is 7.99. The fraction of sp³-hybridized carbons (Fsp3) is 0.250. The lowest BCUT2D eigenvalue weighted by atomic mass is 10.3. The van der Waals surface area contributed by atoms with Gasteiger partial charge in [-0.2, -0.15) is 0 Å². The number of hydrogen-bond acceptors (Lipinski definition) is 5. The number of H-pyrrole nitrogens is 1. The number of rotatable bonds is 5. The Morgan fingerprint density at radius 2 is 2.04 bits per heavy atom. The van der Waals surface area contributed by atoms with Gasteiger partial charge in [0.25, 0.3) is 0 Å². The number of nitrogens with zero attached hydrogens (tertiary/aromatic N) is 1. The summed E-state index contributed by atoms with van der Waals surface area (Å²) in [6.45, 7) is 0. The number of carbonyl (C=O) groups excluding carboxylic acids is 1. The number of thioether (sulfide) groups is 1. The lowest BCUT2D eigenvalue weighted by molar-refractivity contribution is -0.772. The van der Waals surface area contributed by atoms with Crippen LogP contribution in [-0.4, -0.2) is 23.3 Å². The second kappa shape index (κ2) is 6.77. The van der Waals surface area contributed by atoms with Crippen LogP contribution in [0.25, 0.3) is 0 Å². The summed E-state index contributed by atoms with van der Waals surface area (Å²) in [7, 11) is 1.55. The first-order valence-electron chi connectivity index (χ1n) is 6.10. The molecule has 0 fully saturated rings. The van der Waals surface area contributed by atoms with E-state index in [1.165, 1.54) is 16.8 Å². The fourth-order valence-electron chi connectivity index (χ4n) is 1.56. The van der Waals surface area contributed by atoms with Crippen LogP contribution in [0.2, 0.25) is 0 Å². The molecule has 124 valence electrons. The Bertz CT molecular complexity index is 739. The van der Waals surface area contributed by atoms with Crippen molar-refractivity contribution in [3.8, 4) is 5.75 Å². The topological polar surface area (TPSA) is 88.2 Å². The summed E-state index contributed by atoms with van der Waals surface area (Å²) in [6, 6.07) is 4.71. The molecule has 0 saturated heterocycles. The molecule has 0 atom stereocenters. The molecule has 0 bridgehead atoms. The maximum Gasteiger partial charge on any atom is 0.573 e. The molecule has 0 unspecified atom stereocenters. The van der Waals surface area contributed by atoms with E-state index < -0.39 is 17.9 Å². The van der Waals surface area contributed by atoms with Gasteiger partial charge in [-0.1, -0.05) is 4.68 Å². The van der Waals surface area contributed by atoms with Crippen LogP contribution < -0.4 is 20.4 Å². The fourth-order valence-corrected chi connectivity index (χ4v) is 2.29. The van der Waals surface area contributed by atoms with Gasteiger partial charge in [0.1, 0.15) is 5.75 Å². The monoisotopic (exact) mass is 350 g/mol. The van der Waals surface area contributed by atoms with Crippen molar-refractivity contribution >= 4 is 23.4 Å². The predicted octanol–water partition coefficient (Wildman–Crippen LogP) is 1.42. The number of anilines is 1. The third-order valence-electron chi connectivity index (χ3n) is 2.47. The molecule has 23 heavy (non-hydrogen) atoms. The average Bonchev–Trinajstić information content (AvgIpc) is 2.76. The lowest BCUT2D eigenvalue weighted by Gasteiger charge is -2.09. The Morgan fingerprint density at radius 3 is 2.57 bits per heavy atom. The number of nitrogens with one attached hydrogen (secondary N) is 2. The zero-order valence-electron chi connectivity index (χ0n) is 11.6. The molecule has 11 heteroatoms. The Morgan fingerprint density at radius 1 is 1.39 bits per heavy atom.